The van der Waals surface area contributed by atoms with Gasteiger partial charge in [-0.2, -0.15) is 18.3 Å². The molecule has 13 heteroatoms. The molecule has 1 heterocycles. The fourth-order valence-corrected chi connectivity index (χ4v) is 3.53. The summed E-state index contributed by atoms with van der Waals surface area (Å²) >= 11 is 0.935. The first-order valence-corrected chi connectivity index (χ1v) is 9.80. The molecule has 166 valence electrons. The van der Waals surface area contributed by atoms with Gasteiger partial charge in [0.05, 0.1) is 16.7 Å². The van der Waals surface area contributed by atoms with Crippen LogP contribution < -0.4 is 10.6 Å². The number of nitro benzene ring substituents is 1. The summed E-state index contributed by atoms with van der Waals surface area (Å²) in [5.41, 5.74) is -0.630. The fraction of sp³-hybridized carbons (Fsp3) is 0.158. The van der Waals surface area contributed by atoms with Crippen LogP contribution in [-0.2, 0) is 15.8 Å². The van der Waals surface area contributed by atoms with Crippen LogP contribution >= 0.6 is 11.8 Å². The summed E-state index contributed by atoms with van der Waals surface area (Å²) in [6.07, 6.45) is -3.57. The van der Waals surface area contributed by atoms with Crippen LogP contribution in [0, 0.1) is 10.1 Å². The highest BCUT2D eigenvalue weighted by molar-refractivity contribution is 8.15. The lowest BCUT2D eigenvalue weighted by molar-refractivity contribution is -0.384. The first-order valence-electron chi connectivity index (χ1n) is 8.92. The maximum absolute atomic E-state index is 12.8. The minimum Gasteiger partial charge on any atom is -0.326 e. The number of non-ortho nitro benzene ring substituents is 1. The van der Waals surface area contributed by atoms with Crippen molar-refractivity contribution < 1.29 is 27.7 Å². The topological polar surface area (TPSA) is 126 Å². The number of amides is 2. The summed E-state index contributed by atoms with van der Waals surface area (Å²) in [6, 6.07) is 9.85. The Labute approximate surface area is 182 Å². The van der Waals surface area contributed by atoms with Crippen LogP contribution in [0.1, 0.15) is 17.5 Å². The van der Waals surface area contributed by atoms with Crippen molar-refractivity contribution in [2.45, 2.75) is 17.8 Å². The summed E-state index contributed by atoms with van der Waals surface area (Å²) < 4.78 is 38.3. The summed E-state index contributed by atoms with van der Waals surface area (Å²) in [4.78, 5) is 34.4. The van der Waals surface area contributed by atoms with Gasteiger partial charge in [0.1, 0.15) is 5.25 Å². The van der Waals surface area contributed by atoms with E-state index in [1.807, 2.05) is 0 Å². The molecule has 1 unspecified atom stereocenters. The number of halogens is 3. The standard InChI is InChI=1S/C19H14F3N5O4S/c20-19(21,22)12-4-2-5-13(8-12)24-16(28)9-15-17(29)25-18(32-15)26-23-10-11-3-1-6-14(7-11)27(30)31/h1-8,10,15H,9H2,(H,24,28)(H,25,26,29)/b23-10+. The quantitative estimate of drug-likeness (QED) is 0.383. The molecule has 1 saturated heterocycles. The van der Waals surface area contributed by atoms with Gasteiger partial charge in [-0.1, -0.05) is 30.0 Å². The van der Waals surface area contributed by atoms with Gasteiger partial charge in [-0.15, -0.1) is 5.10 Å². The molecular weight excluding hydrogens is 451 g/mol. The number of carbonyl (C=O) groups excluding carboxylic acids is 2. The second-order valence-corrected chi connectivity index (χ2v) is 7.62. The van der Waals surface area contributed by atoms with Gasteiger partial charge in [0.2, 0.25) is 11.8 Å². The molecule has 0 bridgehead atoms. The summed E-state index contributed by atoms with van der Waals surface area (Å²) in [5.74, 6) is -1.14. The number of alkyl halides is 3. The third-order valence-electron chi connectivity index (χ3n) is 4.06. The molecule has 0 saturated carbocycles. The van der Waals surface area contributed by atoms with Crippen molar-refractivity contribution in [3.8, 4) is 0 Å². The second-order valence-electron chi connectivity index (χ2n) is 6.43. The number of thioether (sulfide) groups is 1. The highest BCUT2D eigenvalue weighted by atomic mass is 32.2. The van der Waals surface area contributed by atoms with Crippen molar-refractivity contribution >= 4 is 46.3 Å². The van der Waals surface area contributed by atoms with E-state index in [0.717, 1.165) is 23.9 Å². The number of anilines is 1. The lowest BCUT2D eigenvalue weighted by Crippen LogP contribution is -2.28. The highest BCUT2D eigenvalue weighted by Gasteiger charge is 2.33. The molecule has 2 aromatic rings. The van der Waals surface area contributed by atoms with E-state index in [-0.39, 0.29) is 23.0 Å². The molecule has 9 nitrogen and oxygen atoms in total. The van der Waals surface area contributed by atoms with Crippen molar-refractivity contribution in [1.82, 2.24) is 5.32 Å². The van der Waals surface area contributed by atoms with E-state index in [0.29, 0.717) is 5.56 Å². The molecule has 2 aromatic carbocycles. The van der Waals surface area contributed by atoms with Gasteiger partial charge in [0.15, 0.2) is 5.17 Å². The third-order valence-corrected chi connectivity index (χ3v) is 5.13. The molecule has 1 aliphatic rings. The van der Waals surface area contributed by atoms with Crippen LogP contribution in [0.5, 0.6) is 0 Å². The van der Waals surface area contributed by atoms with Crippen LogP contribution in [0.15, 0.2) is 58.7 Å². The van der Waals surface area contributed by atoms with Crippen molar-refractivity contribution in [1.29, 1.82) is 0 Å². The van der Waals surface area contributed by atoms with Crippen molar-refractivity contribution in [3.63, 3.8) is 0 Å². The van der Waals surface area contributed by atoms with Crippen molar-refractivity contribution in [2.24, 2.45) is 10.2 Å². The molecule has 0 spiro atoms. The Kier molecular flexibility index (Phi) is 6.88. The number of nitrogens with zero attached hydrogens (tertiary/aromatic N) is 3. The van der Waals surface area contributed by atoms with E-state index in [1.165, 1.54) is 36.5 Å². The Morgan fingerprint density at radius 1 is 1.25 bits per heavy atom. The Balaban J connectivity index is 1.58. The zero-order valence-electron chi connectivity index (χ0n) is 16.0. The zero-order chi connectivity index (χ0) is 23.3. The molecule has 2 amide bonds. The third kappa shape index (κ3) is 6.14. The lowest BCUT2D eigenvalue weighted by atomic mass is 10.2. The molecule has 2 N–H and O–H groups in total. The molecule has 1 aliphatic heterocycles. The lowest BCUT2D eigenvalue weighted by Gasteiger charge is -2.10. The van der Waals surface area contributed by atoms with Crippen LogP contribution in [0.25, 0.3) is 0 Å². The SMILES string of the molecule is O=C(CC1S/C(=N/N=C/c2cccc([N+](=O)[O-])c2)NC1=O)Nc1cccc(C(F)(F)F)c1. The van der Waals surface area contributed by atoms with Crippen LogP contribution in [0.4, 0.5) is 24.5 Å². The van der Waals surface area contributed by atoms with Crippen LogP contribution in [-0.4, -0.2) is 33.4 Å². The number of hydrogen-bond acceptors (Lipinski definition) is 7. The number of carbonyl (C=O) groups is 2. The monoisotopic (exact) mass is 465 g/mol. The predicted molar refractivity (Wildman–Crippen MR) is 112 cm³/mol. The average molecular weight is 465 g/mol. The molecule has 0 aromatic heterocycles. The Morgan fingerprint density at radius 2 is 2.00 bits per heavy atom. The molecule has 32 heavy (non-hydrogen) atoms. The van der Waals surface area contributed by atoms with E-state index < -0.39 is 33.7 Å². The summed E-state index contributed by atoms with van der Waals surface area (Å²) in [5, 5.41) is 22.4. The number of hydrogen-bond donors (Lipinski definition) is 2. The number of nitro groups is 1. The maximum atomic E-state index is 12.8. The first kappa shape index (κ1) is 22.9. The molecular formula is C19H14F3N5O4S. The number of rotatable bonds is 6. The van der Waals surface area contributed by atoms with Crippen molar-refractivity contribution in [2.75, 3.05) is 5.32 Å². The van der Waals surface area contributed by atoms with Gasteiger partial charge >= 0.3 is 6.18 Å². The smallest absolute Gasteiger partial charge is 0.326 e. The van der Waals surface area contributed by atoms with Gasteiger partial charge in [-0.3, -0.25) is 19.7 Å². The van der Waals surface area contributed by atoms with Gasteiger partial charge in [-0.05, 0) is 18.2 Å². The largest absolute Gasteiger partial charge is 0.416 e. The fourth-order valence-electron chi connectivity index (χ4n) is 2.61. The predicted octanol–water partition coefficient (Wildman–Crippen LogP) is 3.56. The molecule has 1 atom stereocenters. The van der Waals surface area contributed by atoms with Gasteiger partial charge in [-0.25, -0.2) is 0 Å². The molecule has 0 aliphatic carbocycles. The molecule has 1 fully saturated rings. The maximum Gasteiger partial charge on any atom is 0.416 e. The van der Waals surface area contributed by atoms with Crippen LogP contribution in [0.2, 0.25) is 0 Å². The molecule has 0 radical (unpaired) electrons. The van der Waals surface area contributed by atoms with E-state index in [1.54, 1.807) is 6.07 Å². The van der Waals surface area contributed by atoms with Gasteiger partial charge in [0, 0.05) is 29.8 Å². The minimum absolute atomic E-state index is 0.0383. The average Bonchev–Trinajstić information content (AvgIpc) is 3.06. The molecule has 3 rings (SSSR count). The van der Waals surface area contributed by atoms with E-state index >= 15 is 0 Å². The van der Waals surface area contributed by atoms with E-state index in [4.69, 9.17) is 0 Å². The number of benzene rings is 2. The van der Waals surface area contributed by atoms with E-state index in [9.17, 15) is 32.9 Å². The summed E-state index contributed by atoms with van der Waals surface area (Å²) in [6.45, 7) is 0. The Bertz CT molecular complexity index is 1120. The van der Waals surface area contributed by atoms with Crippen LogP contribution in [0.3, 0.4) is 0 Å². The second kappa shape index (κ2) is 9.60. The van der Waals surface area contributed by atoms with Gasteiger partial charge < -0.3 is 10.6 Å². The van der Waals surface area contributed by atoms with E-state index in [2.05, 4.69) is 20.8 Å². The minimum atomic E-state index is -4.54. The highest BCUT2D eigenvalue weighted by Crippen LogP contribution is 2.31. The van der Waals surface area contributed by atoms with Crippen molar-refractivity contribution in [3.05, 3.63) is 69.8 Å². The Morgan fingerprint density at radius 3 is 2.72 bits per heavy atom. The normalized spacial score (nSPS) is 17.5. The Hall–Kier alpha value is -3.74. The van der Waals surface area contributed by atoms with Gasteiger partial charge in [0.25, 0.3) is 5.69 Å². The summed E-state index contributed by atoms with van der Waals surface area (Å²) in [7, 11) is 0. The zero-order valence-corrected chi connectivity index (χ0v) is 16.8. The number of nitrogens with one attached hydrogen (secondary N) is 2. The number of amidine groups is 1. The first-order chi connectivity index (χ1) is 15.1.